The van der Waals surface area contributed by atoms with Crippen molar-refractivity contribution in [1.29, 1.82) is 0 Å². The Balaban J connectivity index is 1.86. The van der Waals surface area contributed by atoms with E-state index in [0.717, 1.165) is 19.5 Å². The number of piperidine rings is 1. The minimum absolute atomic E-state index is 0.164. The quantitative estimate of drug-likeness (QED) is 0.771. The molecule has 0 radical (unpaired) electrons. The number of hydrogen-bond acceptors (Lipinski definition) is 4. The van der Waals surface area contributed by atoms with Gasteiger partial charge in [0.1, 0.15) is 0 Å². The molecule has 0 bridgehead atoms. The van der Waals surface area contributed by atoms with E-state index in [9.17, 15) is 0 Å². The molecular formula is C15H24N2O2. The average Bonchev–Trinajstić information content (AvgIpc) is 2.47. The largest absolute Gasteiger partial charge is 0.382 e. The van der Waals surface area contributed by atoms with Crippen molar-refractivity contribution in [3.63, 3.8) is 0 Å². The van der Waals surface area contributed by atoms with Gasteiger partial charge in [-0.1, -0.05) is 12.1 Å². The van der Waals surface area contributed by atoms with Crippen molar-refractivity contribution in [2.45, 2.75) is 31.6 Å². The Morgan fingerprint density at radius 2 is 1.79 bits per heavy atom. The third kappa shape index (κ3) is 4.49. The summed E-state index contributed by atoms with van der Waals surface area (Å²) in [6.45, 7) is 2.22. The molecule has 2 N–H and O–H groups in total. The van der Waals surface area contributed by atoms with Gasteiger partial charge in [-0.3, -0.25) is 0 Å². The molecule has 0 spiro atoms. The molecule has 0 amide bonds. The zero-order valence-electron chi connectivity index (χ0n) is 11.8. The van der Waals surface area contributed by atoms with Crippen LogP contribution in [-0.4, -0.2) is 39.6 Å². The van der Waals surface area contributed by atoms with Crippen molar-refractivity contribution in [2.24, 2.45) is 0 Å². The normalized spacial score (nSPS) is 16.8. The molecule has 0 atom stereocenters. The molecule has 1 heterocycles. The number of hydrogen-bond donors (Lipinski definition) is 2. The van der Waals surface area contributed by atoms with E-state index >= 15 is 0 Å². The molecule has 1 aromatic carbocycles. The summed E-state index contributed by atoms with van der Waals surface area (Å²) in [5.41, 5.74) is 2.42. The second kappa shape index (κ2) is 7.48. The Morgan fingerprint density at radius 3 is 2.37 bits per heavy atom. The van der Waals surface area contributed by atoms with Gasteiger partial charge in [0, 0.05) is 32.4 Å². The van der Waals surface area contributed by atoms with E-state index in [2.05, 4.69) is 34.9 Å². The van der Waals surface area contributed by atoms with Crippen LogP contribution in [0.2, 0.25) is 0 Å². The van der Waals surface area contributed by atoms with Crippen molar-refractivity contribution in [1.82, 2.24) is 5.32 Å². The third-order valence-corrected chi connectivity index (χ3v) is 3.59. The van der Waals surface area contributed by atoms with Gasteiger partial charge in [-0.25, -0.2) is 0 Å². The van der Waals surface area contributed by atoms with Crippen LogP contribution in [0.3, 0.4) is 0 Å². The highest BCUT2D eigenvalue weighted by molar-refractivity contribution is 5.45. The minimum Gasteiger partial charge on any atom is -0.382 e. The SMILES string of the molecule is COC(Cc1ccc(NC2CCNCC2)cc1)OC. The summed E-state index contributed by atoms with van der Waals surface area (Å²) in [4.78, 5) is 0. The molecule has 1 aliphatic heterocycles. The van der Waals surface area contributed by atoms with Crippen LogP contribution in [0, 0.1) is 0 Å². The van der Waals surface area contributed by atoms with E-state index in [4.69, 9.17) is 9.47 Å². The first-order valence-corrected chi connectivity index (χ1v) is 6.93. The Hall–Kier alpha value is -1.10. The topological polar surface area (TPSA) is 42.5 Å². The summed E-state index contributed by atoms with van der Waals surface area (Å²) in [5.74, 6) is 0. The third-order valence-electron chi connectivity index (χ3n) is 3.59. The number of ether oxygens (including phenoxy) is 2. The van der Waals surface area contributed by atoms with E-state index in [0.29, 0.717) is 6.04 Å². The standard InChI is InChI=1S/C15H24N2O2/c1-18-15(19-2)11-12-3-5-13(6-4-12)17-14-7-9-16-10-8-14/h3-6,14-17H,7-11H2,1-2H3. The van der Waals surface area contributed by atoms with Crippen molar-refractivity contribution < 1.29 is 9.47 Å². The van der Waals surface area contributed by atoms with Gasteiger partial charge in [0.05, 0.1) is 0 Å². The zero-order chi connectivity index (χ0) is 13.5. The van der Waals surface area contributed by atoms with E-state index < -0.39 is 0 Å². The van der Waals surface area contributed by atoms with E-state index in [1.807, 2.05) is 0 Å². The van der Waals surface area contributed by atoms with Gasteiger partial charge < -0.3 is 20.1 Å². The fourth-order valence-corrected chi connectivity index (χ4v) is 2.39. The van der Waals surface area contributed by atoms with Crippen LogP contribution < -0.4 is 10.6 Å². The van der Waals surface area contributed by atoms with Crippen molar-refractivity contribution in [2.75, 3.05) is 32.6 Å². The van der Waals surface area contributed by atoms with Crippen molar-refractivity contribution >= 4 is 5.69 Å². The highest BCUT2D eigenvalue weighted by atomic mass is 16.7. The monoisotopic (exact) mass is 264 g/mol. The molecular weight excluding hydrogens is 240 g/mol. The number of benzene rings is 1. The maximum atomic E-state index is 5.21. The first kappa shape index (κ1) is 14.3. The Kier molecular flexibility index (Phi) is 5.63. The molecule has 1 saturated heterocycles. The summed E-state index contributed by atoms with van der Waals surface area (Å²) >= 11 is 0. The molecule has 4 nitrogen and oxygen atoms in total. The molecule has 1 aromatic rings. The van der Waals surface area contributed by atoms with Gasteiger partial charge in [0.25, 0.3) is 0 Å². The molecule has 0 saturated carbocycles. The van der Waals surface area contributed by atoms with Crippen LogP contribution in [0.5, 0.6) is 0 Å². The number of methoxy groups -OCH3 is 2. The second-order valence-electron chi connectivity index (χ2n) is 4.97. The van der Waals surface area contributed by atoms with Crippen LogP contribution in [0.15, 0.2) is 24.3 Å². The molecule has 1 fully saturated rings. The summed E-state index contributed by atoms with van der Waals surface area (Å²) in [5, 5.41) is 6.96. The first-order chi connectivity index (χ1) is 9.31. The van der Waals surface area contributed by atoms with Gasteiger partial charge in [0.2, 0.25) is 0 Å². The van der Waals surface area contributed by atoms with Crippen LogP contribution in [0.4, 0.5) is 5.69 Å². The number of anilines is 1. The summed E-state index contributed by atoms with van der Waals surface area (Å²) in [6.07, 6.45) is 3.00. The van der Waals surface area contributed by atoms with E-state index in [1.54, 1.807) is 14.2 Å². The van der Waals surface area contributed by atoms with Crippen LogP contribution in [-0.2, 0) is 15.9 Å². The Labute approximate surface area is 115 Å². The lowest BCUT2D eigenvalue weighted by Crippen LogP contribution is -2.35. The van der Waals surface area contributed by atoms with Crippen LogP contribution in [0.25, 0.3) is 0 Å². The maximum Gasteiger partial charge on any atom is 0.160 e. The molecule has 106 valence electrons. The Bertz CT molecular complexity index is 357. The number of nitrogens with one attached hydrogen (secondary N) is 2. The molecule has 1 aliphatic rings. The number of rotatable bonds is 6. The van der Waals surface area contributed by atoms with E-state index in [-0.39, 0.29) is 6.29 Å². The predicted octanol–water partition coefficient (Wildman–Crippen LogP) is 2.01. The van der Waals surface area contributed by atoms with Crippen molar-refractivity contribution in [3.05, 3.63) is 29.8 Å². The molecule has 0 unspecified atom stereocenters. The van der Waals surface area contributed by atoms with Gasteiger partial charge in [0.15, 0.2) is 6.29 Å². The first-order valence-electron chi connectivity index (χ1n) is 6.93. The zero-order valence-corrected chi connectivity index (χ0v) is 11.8. The fraction of sp³-hybridized carbons (Fsp3) is 0.600. The molecule has 4 heteroatoms. The lowest BCUT2D eigenvalue weighted by atomic mass is 10.1. The summed E-state index contributed by atoms with van der Waals surface area (Å²) < 4.78 is 10.4. The molecule has 0 aromatic heterocycles. The lowest BCUT2D eigenvalue weighted by Gasteiger charge is -2.24. The van der Waals surface area contributed by atoms with Gasteiger partial charge in [-0.15, -0.1) is 0 Å². The highest BCUT2D eigenvalue weighted by Crippen LogP contribution is 2.16. The van der Waals surface area contributed by atoms with Crippen LogP contribution in [0.1, 0.15) is 18.4 Å². The average molecular weight is 264 g/mol. The van der Waals surface area contributed by atoms with Crippen LogP contribution >= 0.6 is 0 Å². The summed E-state index contributed by atoms with van der Waals surface area (Å²) in [7, 11) is 3.34. The second-order valence-corrected chi connectivity index (χ2v) is 4.97. The minimum atomic E-state index is -0.164. The molecule has 0 aliphatic carbocycles. The molecule has 19 heavy (non-hydrogen) atoms. The fourth-order valence-electron chi connectivity index (χ4n) is 2.39. The molecule has 2 rings (SSSR count). The highest BCUT2D eigenvalue weighted by Gasteiger charge is 2.12. The van der Waals surface area contributed by atoms with Gasteiger partial charge in [-0.05, 0) is 43.6 Å². The van der Waals surface area contributed by atoms with Gasteiger partial charge in [-0.2, -0.15) is 0 Å². The van der Waals surface area contributed by atoms with Crippen molar-refractivity contribution in [3.8, 4) is 0 Å². The maximum absolute atomic E-state index is 5.21. The van der Waals surface area contributed by atoms with E-state index in [1.165, 1.54) is 24.1 Å². The lowest BCUT2D eigenvalue weighted by molar-refractivity contribution is -0.100. The summed E-state index contributed by atoms with van der Waals surface area (Å²) in [6, 6.07) is 9.14. The predicted molar refractivity (Wildman–Crippen MR) is 77.5 cm³/mol. The van der Waals surface area contributed by atoms with Gasteiger partial charge >= 0.3 is 0 Å². The Morgan fingerprint density at radius 1 is 1.16 bits per heavy atom. The smallest absolute Gasteiger partial charge is 0.160 e.